The maximum absolute atomic E-state index is 12.5. The normalized spacial score (nSPS) is 26.7. The van der Waals surface area contributed by atoms with Crippen LogP contribution in [-0.2, 0) is 26.0 Å². The largest absolute Gasteiger partial charge is 0.465 e. The van der Waals surface area contributed by atoms with Crippen LogP contribution in [0.1, 0.15) is 53.4 Å². The zero-order chi connectivity index (χ0) is 24.0. The Kier molecular flexibility index (Phi) is 5.46. The molecule has 1 saturated heterocycles. The van der Waals surface area contributed by atoms with Crippen molar-refractivity contribution < 1.29 is 19.0 Å². The number of aromatic nitrogens is 2. The number of carbonyl (C=O) groups excluding carboxylic acids is 1. The molecule has 0 radical (unpaired) electrons. The maximum atomic E-state index is 12.5. The minimum atomic E-state index is -0.541. The first-order valence-electron chi connectivity index (χ1n) is 12.5. The van der Waals surface area contributed by atoms with Gasteiger partial charge in [0.15, 0.2) is 11.6 Å². The summed E-state index contributed by atoms with van der Waals surface area (Å²) in [5, 5.41) is 0. The molecule has 6 heteroatoms. The van der Waals surface area contributed by atoms with Gasteiger partial charge < -0.3 is 14.2 Å². The first-order chi connectivity index (χ1) is 17.1. The van der Waals surface area contributed by atoms with Gasteiger partial charge >= 0.3 is 5.97 Å². The molecule has 0 bridgehead atoms. The highest BCUT2D eigenvalue weighted by molar-refractivity contribution is 5.89. The Hall–Kier alpha value is -3.09. The quantitative estimate of drug-likeness (QED) is 0.505. The lowest BCUT2D eigenvalue weighted by Crippen LogP contribution is -2.57. The van der Waals surface area contributed by atoms with Crippen LogP contribution >= 0.6 is 0 Å². The van der Waals surface area contributed by atoms with Gasteiger partial charge in [-0.3, -0.25) is 0 Å². The molecule has 0 unspecified atom stereocenters. The van der Waals surface area contributed by atoms with Crippen LogP contribution in [0.2, 0.25) is 0 Å². The predicted molar refractivity (Wildman–Crippen MR) is 131 cm³/mol. The molecule has 6 nitrogen and oxygen atoms in total. The Labute approximate surface area is 205 Å². The molecule has 180 valence electrons. The van der Waals surface area contributed by atoms with Gasteiger partial charge in [-0.25, -0.2) is 14.8 Å². The number of benzene rings is 2. The SMILES string of the molecule is COC(=O)c1cccc([C@@]23CCC4(OCCO4)[C@@H](C)[C@H]2CCc2cnc(-c4ccccc4)nc23)c1. The summed E-state index contributed by atoms with van der Waals surface area (Å²) in [6.45, 7) is 3.54. The fourth-order valence-corrected chi connectivity index (χ4v) is 6.74. The van der Waals surface area contributed by atoms with Crippen molar-refractivity contribution in [2.24, 2.45) is 11.8 Å². The van der Waals surface area contributed by atoms with Gasteiger partial charge in [0, 0.05) is 29.5 Å². The summed E-state index contributed by atoms with van der Waals surface area (Å²) in [6, 6.07) is 18.0. The van der Waals surface area contributed by atoms with Crippen LogP contribution in [0.15, 0.2) is 60.8 Å². The monoisotopic (exact) mass is 470 g/mol. The summed E-state index contributed by atoms with van der Waals surface area (Å²) in [7, 11) is 1.42. The number of hydrogen-bond acceptors (Lipinski definition) is 6. The minimum Gasteiger partial charge on any atom is -0.465 e. The van der Waals surface area contributed by atoms with E-state index in [0.29, 0.717) is 18.8 Å². The molecule has 2 aliphatic carbocycles. The van der Waals surface area contributed by atoms with E-state index in [0.717, 1.165) is 48.3 Å². The number of ether oxygens (including phenoxy) is 3. The van der Waals surface area contributed by atoms with Crippen molar-refractivity contribution in [1.29, 1.82) is 0 Å². The lowest BCUT2D eigenvalue weighted by atomic mass is 9.51. The van der Waals surface area contributed by atoms with Crippen LogP contribution in [0, 0.1) is 11.8 Å². The average Bonchev–Trinajstić information content (AvgIpc) is 3.40. The molecular formula is C29H30N2O4. The topological polar surface area (TPSA) is 70.5 Å². The van der Waals surface area contributed by atoms with Gasteiger partial charge in [-0.2, -0.15) is 0 Å². The molecule has 35 heavy (non-hydrogen) atoms. The molecule has 2 aromatic carbocycles. The fraction of sp³-hybridized carbons (Fsp3) is 0.414. The van der Waals surface area contributed by atoms with Gasteiger partial charge in [-0.15, -0.1) is 0 Å². The van der Waals surface area contributed by atoms with E-state index in [1.54, 1.807) is 0 Å². The summed E-state index contributed by atoms with van der Waals surface area (Å²) in [5.74, 6) is 0.277. The van der Waals surface area contributed by atoms with E-state index in [4.69, 9.17) is 24.2 Å². The van der Waals surface area contributed by atoms with E-state index in [2.05, 4.69) is 13.0 Å². The summed E-state index contributed by atoms with van der Waals surface area (Å²) < 4.78 is 17.6. The second-order valence-electron chi connectivity index (χ2n) is 9.92. The van der Waals surface area contributed by atoms with E-state index in [9.17, 15) is 4.79 Å². The Morgan fingerprint density at radius 3 is 2.63 bits per heavy atom. The highest BCUT2D eigenvalue weighted by Gasteiger charge is 2.60. The molecule has 3 aliphatic rings. The second kappa shape index (κ2) is 8.54. The second-order valence-corrected chi connectivity index (χ2v) is 9.92. The first kappa shape index (κ1) is 22.4. The summed E-state index contributed by atoms with van der Waals surface area (Å²) in [5.41, 5.74) is 4.54. The van der Waals surface area contributed by atoms with Gasteiger partial charge in [0.05, 0.1) is 31.6 Å². The van der Waals surface area contributed by atoms with Gasteiger partial charge in [0.25, 0.3) is 0 Å². The lowest BCUT2D eigenvalue weighted by Gasteiger charge is -2.55. The molecule has 2 heterocycles. The van der Waals surface area contributed by atoms with Gasteiger partial charge in [0.2, 0.25) is 0 Å². The van der Waals surface area contributed by atoms with E-state index < -0.39 is 5.79 Å². The molecule has 0 amide bonds. The summed E-state index contributed by atoms with van der Waals surface area (Å²) in [6.07, 6.45) is 5.50. The molecule has 6 rings (SSSR count). The Balaban J connectivity index is 1.56. The molecular weight excluding hydrogens is 440 g/mol. The Bertz CT molecular complexity index is 1250. The van der Waals surface area contributed by atoms with Gasteiger partial charge in [0.1, 0.15) is 0 Å². The van der Waals surface area contributed by atoms with Crippen molar-refractivity contribution in [3.8, 4) is 11.4 Å². The van der Waals surface area contributed by atoms with Crippen molar-refractivity contribution in [3.05, 3.63) is 83.2 Å². The van der Waals surface area contributed by atoms with Crippen molar-refractivity contribution >= 4 is 5.97 Å². The Morgan fingerprint density at radius 2 is 1.86 bits per heavy atom. The van der Waals surface area contributed by atoms with Gasteiger partial charge in [-0.05, 0) is 48.4 Å². The molecule has 2 fully saturated rings. The first-order valence-corrected chi connectivity index (χ1v) is 12.5. The molecule has 1 aliphatic heterocycles. The van der Waals surface area contributed by atoms with Crippen molar-refractivity contribution in [1.82, 2.24) is 9.97 Å². The van der Waals surface area contributed by atoms with Crippen molar-refractivity contribution in [2.45, 2.75) is 43.8 Å². The van der Waals surface area contributed by atoms with Gasteiger partial charge in [-0.1, -0.05) is 49.4 Å². The molecule has 1 spiro atoms. The molecule has 3 atom stereocenters. The number of carbonyl (C=O) groups is 1. The van der Waals surface area contributed by atoms with Crippen LogP contribution in [0.25, 0.3) is 11.4 Å². The van der Waals surface area contributed by atoms with Crippen LogP contribution in [0.4, 0.5) is 0 Å². The third-order valence-electron chi connectivity index (χ3n) is 8.42. The molecule has 3 aromatic rings. The maximum Gasteiger partial charge on any atom is 0.337 e. The number of nitrogens with zero attached hydrogens (tertiary/aromatic N) is 2. The fourth-order valence-electron chi connectivity index (χ4n) is 6.74. The number of rotatable bonds is 3. The number of fused-ring (bicyclic) bond motifs is 3. The van der Waals surface area contributed by atoms with Crippen LogP contribution < -0.4 is 0 Å². The number of methoxy groups -OCH3 is 1. The van der Waals surface area contributed by atoms with Crippen LogP contribution in [0.5, 0.6) is 0 Å². The van der Waals surface area contributed by atoms with Crippen molar-refractivity contribution in [2.75, 3.05) is 20.3 Å². The highest BCUT2D eigenvalue weighted by atomic mass is 16.7. The van der Waals surface area contributed by atoms with E-state index in [1.165, 1.54) is 12.7 Å². The van der Waals surface area contributed by atoms with Crippen LogP contribution in [0.3, 0.4) is 0 Å². The number of aryl methyl sites for hydroxylation is 1. The van der Waals surface area contributed by atoms with E-state index >= 15 is 0 Å². The number of hydrogen-bond donors (Lipinski definition) is 0. The van der Waals surface area contributed by atoms with Crippen LogP contribution in [-0.4, -0.2) is 42.0 Å². The summed E-state index contributed by atoms with van der Waals surface area (Å²) in [4.78, 5) is 22.5. The van der Waals surface area contributed by atoms with E-state index in [1.807, 2.05) is 54.7 Å². The average molecular weight is 471 g/mol. The predicted octanol–water partition coefficient (Wildman–Crippen LogP) is 4.95. The molecule has 1 aromatic heterocycles. The standard InChI is InChI=1S/C29H30N2O4/c1-19-24-12-11-22-18-30-26(20-7-4-3-5-8-20)31-25(22)28(24,13-14-29(19)34-15-16-35-29)23-10-6-9-21(17-23)27(32)33-2/h3-10,17-19,24H,11-16H2,1-2H3/t19-,24+,28-/m0/s1. The smallest absolute Gasteiger partial charge is 0.337 e. The number of esters is 1. The minimum absolute atomic E-state index is 0.170. The zero-order valence-corrected chi connectivity index (χ0v) is 20.2. The zero-order valence-electron chi connectivity index (χ0n) is 20.2. The Morgan fingerprint density at radius 1 is 1.06 bits per heavy atom. The third kappa shape index (κ3) is 3.42. The highest BCUT2D eigenvalue weighted by Crippen LogP contribution is 2.59. The summed E-state index contributed by atoms with van der Waals surface area (Å²) >= 11 is 0. The third-order valence-corrected chi connectivity index (χ3v) is 8.42. The molecule has 0 N–H and O–H groups in total. The lowest BCUT2D eigenvalue weighted by molar-refractivity contribution is -0.232. The van der Waals surface area contributed by atoms with Crippen molar-refractivity contribution in [3.63, 3.8) is 0 Å². The van der Waals surface area contributed by atoms with E-state index in [-0.39, 0.29) is 23.2 Å². The molecule has 1 saturated carbocycles.